The first-order valence-electron chi connectivity index (χ1n) is 7.87. The molecular formula is C18H23NO5. The van der Waals surface area contributed by atoms with Crippen molar-refractivity contribution in [1.82, 2.24) is 4.90 Å². The standard InChI is InChI=1S/C18H23NO5/c1-3-23-17(21)11-8-12-19(14-15-9-6-5-7-10-15)16(20)13-18(22)24-4-2/h5-11H,3-4,12-14H2,1-2H3/b11-8+. The number of carbonyl (C=O) groups excluding carboxylic acids is 3. The van der Waals surface area contributed by atoms with Crippen LogP contribution in [0.4, 0.5) is 0 Å². The van der Waals surface area contributed by atoms with E-state index in [9.17, 15) is 14.4 Å². The van der Waals surface area contributed by atoms with E-state index in [2.05, 4.69) is 0 Å². The maximum atomic E-state index is 12.3. The van der Waals surface area contributed by atoms with Gasteiger partial charge in [-0.3, -0.25) is 9.59 Å². The molecule has 0 fully saturated rings. The fraction of sp³-hybridized carbons (Fsp3) is 0.389. The molecule has 0 aromatic heterocycles. The molecule has 0 saturated carbocycles. The summed E-state index contributed by atoms with van der Waals surface area (Å²) in [6.07, 6.45) is 2.50. The highest BCUT2D eigenvalue weighted by Crippen LogP contribution is 2.07. The molecule has 0 radical (unpaired) electrons. The minimum atomic E-state index is -0.560. The van der Waals surface area contributed by atoms with Crippen molar-refractivity contribution >= 4 is 17.8 Å². The highest BCUT2D eigenvalue weighted by atomic mass is 16.5. The first kappa shape index (κ1) is 19.4. The monoisotopic (exact) mass is 333 g/mol. The van der Waals surface area contributed by atoms with E-state index in [0.29, 0.717) is 13.2 Å². The second-order valence-corrected chi connectivity index (χ2v) is 4.90. The molecule has 130 valence electrons. The van der Waals surface area contributed by atoms with Crippen LogP contribution >= 0.6 is 0 Å². The summed E-state index contributed by atoms with van der Waals surface area (Å²) in [6, 6.07) is 9.41. The predicted octanol–water partition coefficient (Wildman–Crippen LogP) is 2.09. The van der Waals surface area contributed by atoms with Gasteiger partial charge in [-0.05, 0) is 19.4 Å². The van der Waals surface area contributed by atoms with Crippen molar-refractivity contribution in [2.75, 3.05) is 19.8 Å². The Labute approximate surface area is 142 Å². The SMILES string of the molecule is CCOC(=O)/C=C/CN(Cc1ccccc1)C(=O)CC(=O)OCC. The van der Waals surface area contributed by atoms with Gasteiger partial charge in [-0.2, -0.15) is 0 Å². The third kappa shape index (κ3) is 7.58. The van der Waals surface area contributed by atoms with Crippen LogP contribution in [0.3, 0.4) is 0 Å². The van der Waals surface area contributed by atoms with Gasteiger partial charge in [0.1, 0.15) is 6.42 Å². The Kier molecular flexibility index (Phi) is 8.89. The average Bonchev–Trinajstić information content (AvgIpc) is 2.55. The second kappa shape index (κ2) is 11.0. The molecular weight excluding hydrogens is 310 g/mol. The molecule has 0 saturated heterocycles. The maximum Gasteiger partial charge on any atom is 0.330 e. The first-order valence-corrected chi connectivity index (χ1v) is 7.87. The van der Waals surface area contributed by atoms with Gasteiger partial charge < -0.3 is 14.4 Å². The normalized spacial score (nSPS) is 10.4. The third-order valence-electron chi connectivity index (χ3n) is 3.04. The van der Waals surface area contributed by atoms with Gasteiger partial charge >= 0.3 is 11.9 Å². The molecule has 0 bridgehead atoms. The number of ether oxygens (including phenoxy) is 2. The molecule has 0 N–H and O–H groups in total. The molecule has 0 aliphatic heterocycles. The number of hydrogen-bond donors (Lipinski definition) is 0. The maximum absolute atomic E-state index is 12.3. The van der Waals surface area contributed by atoms with Crippen LogP contribution in [0.5, 0.6) is 0 Å². The summed E-state index contributed by atoms with van der Waals surface area (Å²) in [7, 11) is 0. The molecule has 0 aliphatic carbocycles. The fourth-order valence-electron chi connectivity index (χ4n) is 1.97. The van der Waals surface area contributed by atoms with E-state index < -0.39 is 11.9 Å². The van der Waals surface area contributed by atoms with Crippen LogP contribution < -0.4 is 0 Å². The van der Waals surface area contributed by atoms with Gasteiger partial charge in [-0.1, -0.05) is 36.4 Å². The molecule has 24 heavy (non-hydrogen) atoms. The van der Waals surface area contributed by atoms with Gasteiger partial charge in [0.25, 0.3) is 0 Å². The zero-order valence-electron chi connectivity index (χ0n) is 14.1. The lowest BCUT2D eigenvalue weighted by Crippen LogP contribution is -2.32. The van der Waals surface area contributed by atoms with Crippen LogP contribution in [-0.2, 0) is 30.4 Å². The summed E-state index contributed by atoms with van der Waals surface area (Å²) in [5.74, 6) is -1.38. The molecule has 6 nitrogen and oxygen atoms in total. The van der Waals surface area contributed by atoms with Crippen LogP contribution in [0, 0.1) is 0 Å². The van der Waals surface area contributed by atoms with E-state index in [-0.39, 0.29) is 25.5 Å². The number of carbonyl (C=O) groups is 3. The van der Waals surface area contributed by atoms with E-state index in [1.54, 1.807) is 19.9 Å². The summed E-state index contributed by atoms with van der Waals surface area (Å²) < 4.78 is 9.60. The number of hydrogen-bond acceptors (Lipinski definition) is 5. The Bertz CT molecular complexity index is 568. The lowest BCUT2D eigenvalue weighted by atomic mass is 10.2. The topological polar surface area (TPSA) is 72.9 Å². The smallest absolute Gasteiger partial charge is 0.330 e. The van der Waals surface area contributed by atoms with E-state index in [0.717, 1.165) is 5.56 Å². The van der Waals surface area contributed by atoms with Crippen LogP contribution in [0.25, 0.3) is 0 Å². The Morgan fingerprint density at radius 1 is 1.04 bits per heavy atom. The molecule has 0 atom stereocenters. The van der Waals surface area contributed by atoms with Gasteiger partial charge in [0.2, 0.25) is 5.91 Å². The van der Waals surface area contributed by atoms with Crippen molar-refractivity contribution in [2.45, 2.75) is 26.8 Å². The van der Waals surface area contributed by atoms with E-state index in [1.807, 2.05) is 30.3 Å². The molecule has 1 rings (SSSR count). The molecule has 1 aromatic rings. The zero-order chi connectivity index (χ0) is 17.8. The molecule has 1 amide bonds. The van der Waals surface area contributed by atoms with Crippen LogP contribution in [-0.4, -0.2) is 42.5 Å². The predicted molar refractivity (Wildman–Crippen MR) is 88.9 cm³/mol. The van der Waals surface area contributed by atoms with Crippen LogP contribution in [0.15, 0.2) is 42.5 Å². The molecule has 0 spiro atoms. The number of esters is 2. The largest absolute Gasteiger partial charge is 0.466 e. The van der Waals surface area contributed by atoms with Gasteiger partial charge in [0, 0.05) is 19.2 Å². The summed E-state index contributed by atoms with van der Waals surface area (Å²) in [6.45, 7) is 4.47. The minimum absolute atomic E-state index is 0.200. The molecule has 1 aromatic carbocycles. The van der Waals surface area contributed by atoms with Crippen molar-refractivity contribution < 1.29 is 23.9 Å². The lowest BCUT2D eigenvalue weighted by molar-refractivity contribution is -0.148. The van der Waals surface area contributed by atoms with Crippen molar-refractivity contribution in [3.05, 3.63) is 48.0 Å². The van der Waals surface area contributed by atoms with Gasteiger partial charge in [0.05, 0.1) is 13.2 Å². The number of amides is 1. The Hall–Kier alpha value is -2.63. The summed E-state index contributed by atoms with van der Waals surface area (Å²) in [5.41, 5.74) is 0.930. The molecule has 0 heterocycles. The Morgan fingerprint density at radius 3 is 2.33 bits per heavy atom. The Morgan fingerprint density at radius 2 is 1.71 bits per heavy atom. The average molecular weight is 333 g/mol. The van der Waals surface area contributed by atoms with E-state index >= 15 is 0 Å². The van der Waals surface area contributed by atoms with E-state index in [1.165, 1.54) is 11.0 Å². The summed E-state index contributed by atoms with van der Waals surface area (Å²) >= 11 is 0. The first-order chi connectivity index (χ1) is 11.6. The Balaban J connectivity index is 2.73. The van der Waals surface area contributed by atoms with Crippen LogP contribution in [0.2, 0.25) is 0 Å². The molecule has 0 aliphatic rings. The fourth-order valence-corrected chi connectivity index (χ4v) is 1.97. The minimum Gasteiger partial charge on any atom is -0.466 e. The van der Waals surface area contributed by atoms with Crippen molar-refractivity contribution in [1.29, 1.82) is 0 Å². The van der Waals surface area contributed by atoms with Gasteiger partial charge in [-0.25, -0.2) is 4.79 Å². The number of nitrogens with zero attached hydrogens (tertiary/aromatic N) is 1. The third-order valence-corrected chi connectivity index (χ3v) is 3.04. The van der Waals surface area contributed by atoms with Crippen molar-refractivity contribution in [2.24, 2.45) is 0 Å². The van der Waals surface area contributed by atoms with Crippen molar-refractivity contribution in [3.8, 4) is 0 Å². The highest BCUT2D eigenvalue weighted by Gasteiger charge is 2.17. The second-order valence-electron chi connectivity index (χ2n) is 4.90. The summed E-state index contributed by atoms with van der Waals surface area (Å²) in [5, 5.41) is 0. The highest BCUT2D eigenvalue weighted by molar-refractivity contribution is 5.94. The summed E-state index contributed by atoms with van der Waals surface area (Å²) in [4.78, 5) is 36.6. The molecule has 0 unspecified atom stereocenters. The van der Waals surface area contributed by atoms with Gasteiger partial charge in [0.15, 0.2) is 0 Å². The number of rotatable bonds is 9. The van der Waals surface area contributed by atoms with E-state index in [4.69, 9.17) is 9.47 Å². The number of benzene rings is 1. The lowest BCUT2D eigenvalue weighted by Gasteiger charge is -2.21. The van der Waals surface area contributed by atoms with Gasteiger partial charge in [-0.15, -0.1) is 0 Å². The zero-order valence-corrected chi connectivity index (χ0v) is 14.1. The quantitative estimate of drug-likeness (QED) is 0.393. The molecule has 6 heteroatoms. The van der Waals surface area contributed by atoms with Crippen molar-refractivity contribution in [3.63, 3.8) is 0 Å². The van der Waals surface area contributed by atoms with Crippen LogP contribution in [0.1, 0.15) is 25.8 Å².